The first-order chi connectivity index (χ1) is 4.09. The standard InChI is InChI=1S/C6H13N2O.Cr/c1-4(2)5(7)6(9)8-3;/h4-5H,3,7H2,1-2H3,(H,8,9);/q-1;. The van der Waals surface area contributed by atoms with Gasteiger partial charge in [0.1, 0.15) is 0 Å². The van der Waals surface area contributed by atoms with E-state index in [9.17, 15) is 4.79 Å². The second-order valence-corrected chi connectivity index (χ2v) is 2.31. The van der Waals surface area contributed by atoms with Crippen LogP contribution in [0.25, 0.3) is 0 Å². The van der Waals surface area contributed by atoms with Gasteiger partial charge in [-0.2, -0.15) is 0 Å². The largest absolute Gasteiger partial charge is 0.507 e. The number of hydrogen-bond acceptors (Lipinski definition) is 2. The van der Waals surface area contributed by atoms with Crippen LogP contribution in [0.15, 0.2) is 0 Å². The molecule has 0 aliphatic rings. The molecule has 60 valence electrons. The van der Waals surface area contributed by atoms with E-state index in [1.807, 2.05) is 13.8 Å². The number of carbonyl (C=O) groups excluding carboxylic acids is 1. The van der Waals surface area contributed by atoms with Crippen LogP contribution >= 0.6 is 0 Å². The van der Waals surface area contributed by atoms with Crippen molar-refractivity contribution >= 4 is 5.91 Å². The molecule has 3 nitrogen and oxygen atoms in total. The van der Waals surface area contributed by atoms with Crippen LogP contribution in [0.5, 0.6) is 0 Å². The monoisotopic (exact) mass is 181 g/mol. The number of carbonyl (C=O) groups is 1. The summed E-state index contributed by atoms with van der Waals surface area (Å²) in [5, 5.41) is 2.23. The Morgan fingerprint density at radius 2 is 2.00 bits per heavy atom. The Balaban J connectivity index is 0. The van der Waals surface area contributed by atoms with E-state index in [4.69, 9.17) is 5.73 Å². The third kappa shape index (κ3) is 3.89. The van der Waals surface area contributed by atoms with Gasteiger partial charge in [-0.15, -0.1) is 0 Å². The Morgan fingerprint density at radius 3 is 2.10 bits per heavy atom. The van der Waals surface area contributed by atoms with Crippen molar-refractivity contribution in [2.45, 2.75) is 19.9 Å². The van der Waals surface area contributed by atoms with E-state index in [0.717, 1.165) is 0 Å². The predicted molar refractivity (Wildman–Crippen MR) is 36.3 cm³/mol. The fourth-order valence-corrected chi connectivity index (χ4v) is 0.421. The number of hydrogen-bond donors (Lipinski definition) is 2. The zero-order valence-corrected chi connectivity index (χ0v) is 7.53. The van der Waals surface area contributed by atoms with Crippen LogP contribution in [-0.4, -0.2) is 11.9 Å². The molecule has 0 spiro atoms. The van der Waals surface area contributed by atoms with Crippen molar-refractivity contribution in [2.75, 3.05) is 0 Å². The van der Waals surface area contributed by atoms with E-state index in [2.05, 4.69) is 12.4 Å². The predicted octanol–water partition coefficient (Wildman–Crippen LogP) is -0.125. The molecule has 1 amide bonds. The van der Waals surface area contributed by atoms with Crippen molar-refractivity contribution in [1.29, 1.82) is 0 Å². The normalized spacial score (nSPS) is 12.1. The molecule has 10 heavy (non-hydrogen) atoms. The van der Waals surface area contributed by atoms with E-state index >= 15 is 0 Å². The van der Waals surface area contributed by atoms with Crippen LogP contribution in [-0.2, 0) is 22.2 Å². The molecule has 0 fully saturated rings. The van der Waals surface area contributed by atoms with E-state index in [1.165, 1.54) is 0 Å². The van der Waals surface area contributed by atoms with Gasteiger partial charge in [0.2, 0.25) is 5.91 Å². The van der Waals surface area contributed by atoms with Crippen molar-refractivity contribution in [3.8, 4) is 0 Å². The Bertz CT molecular complexity index is 106. The van der Waals surface area contributed by atoms with Crippen molar-refractivity contribution < 1.29 is 22.2 Å². The van der Waals surface area contributed by atoms with Gasteiger partial charge in [0.15, 0.2) is 0 Å². The van der Waals surface area contributed by atoms with E-state index in [1.54, 1.807) is 0 Å². The molecule has 0 aromatic heterocycles. The van der Waals surface area contributed by atoms with Gasteiger partial charge in [-0.05, 0) is 5.92 Å². The molecule has 4 heteroatoms. The Labute approximate surface area is 72.5 Å². The van der Waals surface area contributed by atoms with Crippen molar-refractivity contribution in [3.63, 3.8) is 0 Å². The molecule has 1 atom stereocenters. The zero-order valence-electron chi connectivity index (χ0n) is 6.26. The minimum absolute atomic E-state index is 0. The van der Waals surface area contributed by atoms with Crippen molar-refractivity contribution in [2.24, 2.45) is 11.7 Å². The molecule has 0 heterocycles. The molecule has 0 aromatic carbocycles. The summed E-state index contributed by atoms with van der Waals surface area (Å²) in [6, 6.07) is -0.428. The average Bonchev–Trinajstić information content (AvgIpc) is 1.84. The second-order valence-electron chi connectivity index (χ2n) is 2.31. The second kappa shape index (κ2) is 5.73. The topological polar surface area (TPSA) is 55.1 Å². The summed E-state index contributed by atoms with van der Waals surface area (Å²) in [6.07, 6.45) is 0. The summed E-state index contributed by atoms with van der Waals surface area (Å²) < 4.78 is 0. The summed E-state index contributed by atoms with van der Waals surface area (Å²) in [7, 11) is 3.21. The van der Waals surface area contributed by atoms with Gasteiger partial charge in [-0.3, -0.25) is 11.8 Å². The molecule has 0 bridgehead atoms. The first-order valence-electron chi connectivity index (χ1n) is 2.92. The van der Waals surface area contributed by atoms with Crippen molar-refractivity contribution in [3.05, 3.63) is 7.05 Å². The average molecular weight is 181 g/mol. The third-order valence-corrected chi connectivity index (χ3v) is 1.20. The van der Waals surface area contributed by atoms with Crippen LogP contribution < -0.4 is 11.1 Å². The molecular weight excluding hydrogens is 168 g/mol. The third-order valence-electron chi connectivity index (χ3n) is 1.20. The van der Waals surface area contributed by atoms with Gasteiger partial charge in [-0.1, -0.05) is 13.8 Å². The SMILES string of the molecule is [CH2-]NC(=O)C(N)C(C)C.[Cr]. The van der Waals surface area contributed by atoms with Crippen LogP contribution in [0, 0.1) is 13.0 Å². The molecule has 0 aromatic rings. The first kappa shape index (κ1) is 12.6. The fourth-order valence-electron chi connectivity index (χ4n) is 0.421. The fraction of sp³-hybridized carbons (Fsp3) is 0.667. The summed E-state index contributed by atoms with van der Waals surface area (Å²) in [4.78, 5) is 10.7. The van der Waals surface area contributed by atoms with Crippen LogP contribution in [0.4, 0.5) is 0 Å². The molecule has 0 aliphatic heterocycles. The maximum Gasteiger partial charge on any atom is 0.208 e. The van der Waals surface area contributed by atoms with E-state index < -0.39 is 6.04 Å². The zero-order chi connectivity index (χ0) is 7.44. The summed E-state index contributed by atoms with van der Waals surface area (Å²) >= 11 is 0. The van der Waals surface area contributed by atoms with Gasteiger partial charge in [-0.25, -0.2) is 0 Å². The maximum absolute atomic E-state index is 10.7. The molecule has 0 rings (SSSR count). The number of nitrogens with two attached hydrogens (primary N) is 1. The molecule has 0 aliphatic carbocycles. The van der Waals surface area contributed by atoms with E-state index in [0.29, 0.717) is 0 Å². The minimum Gasteiger partial charge on any atom is -0.507 e. The first-order valence-corrected chi connectivity index (χ1v) is 2.92. The van der Waals surface area contributed by atoms with Crippen LogP contribution in [0.1, 0.15) is 13.8 Å². The molecule has 3 N–H and O–H groups in total. The molecule has 0 radical (unpaired) electrons. The van der Waals surface area contributed by atoms with Crippen LogP contribution in [0.3, 0.4) is 0 Å². The number of nitrogens with one attached hydrogen (secondary N) is 1. The molecular formula is C6H13CrN2O-. The van der Waals surface area contributed by atoms with Gasteiger partial charge in [0.25, 0.3) is 0 Å². The Morgan fingerprint density at radius 1 is 1.60 bits per heavy atom. The van der Waals surface area contributed by atoms with Gasteiger partial charge in [0.05, 0.1) is 6.04 Å². The smallest absolute Gasteiger partial charge is 0.208 e. The molecule has 0 saturated carbocycles. The maximum atomic E-state index is 10.7. The van der Waals surface area contributed by atoms with Gasteiger partial charge >= 0.3 is 0 Å². The van der Waals surface area contributed by atoms with Gasteiger partial charge in [0, 0.05) is 17.4 Å². The summed E-state index contributed by atoms with van der Waals surface area (Å²) in [5.41, 5.74) is 5.42. The summed E-state index contributed by atoms with van der Waals surface area (Å²) in [6.45, 7) is 3.78. The van der Waals surface area contributed by atoms with Crippen LogP contribution in [0.2, 0.25) is 0 Å². The molecule has 0 saturated heterocycles. The summed E-state index contributed by atoms with van der Waals surface area (Å²) in [5.74, 6) is -0.0308. The van der Waals surface area contributed by atoms with E-state index in [-0.39, 0.29) is 29.2 Å². The minimum atomic E-state index is -0.428. The quantitative estimate of drug-likeness (QED) is 0.583. The van der Waals surface area contributed by atoms with Gasteiger partial charge < -0.3 is 11.1 Å². The van der Waals surface area contributed by atoms with Crippen molar-refractivity contribution in [1.82, 2.24) is 5.32 Å². The number of rotatable bonds is 2. The molecule has 1 unspecified atom stereocenters. The number of amides is 1. The Hall–Kier alpha value is -0.0375. The Kier molecular flexibility index (Phi) is 7.23.